The zero-order valence-electron chi connectivity index (χ0n) is 14.6. The fourth-order valence-electron chi connectivity index (χ4n) is 2.87. The minimum Gasteiger partial charge on any atom is -0.326 e. The number of nitrogens with zero attached hydrogens (tertiary/aromatic N) is 1. The van der Waals surface area contributed by atoms with E-state index in [-0.39, 0.29) is 17.2 Å². The Bertz CT molecular complexity index is 795. The normalized spacial score (nSPS) is 16.8. The summed E-state index contributed by atoms with van der Waals surface area (Å²) in [5.41, 5.74) is 1.92. The van der Waals surface area contributed by atoms with Crippen LogP contribution < -0.4 is 10.2 Å². The maximum atomic E-state index is 14.2. The second-order valence-corrected chi connectivity index (χ2v) is 7.22. The summed E-state index contributed by atoms with van der Waals surface area (Å²) in [6.07, 6.45) is 2.35. The minimum absolute atomic E-state index is 0.00185. The molecule has 0 bridgehead atoms. The first kappa shape index (κ1) is 18.5. The Morgan fingerprint density at radius 3 is 2.65 bits per heavy atom. The summed E-state index contributed by atoms with van der Waals surface area (Å²) in [4.78, 5) is 25.6. The molecule has 1 saturated heterocycles. The number of para-hydroxylation sites is 1. The lowest BCUT2D eigenvalue weighted by atomic mass is 10.1. The van der Waals surface area contributed by atoms with Gasteiger partial charge in [0.15, 0.2) is 0 Å². The lowest BCUT2D eigenvalue weighted by Gasteiger charge is -2.24. The van der Waals surface area contributed by atoms with Crippen LogP contribution in [-0.4, -0.2) is 17.6 Å². The number of carbonyl (C=O) groups excluding carboxylic acids is 2. The second-order valence-electron chi connectivity index (χ2n) is 6.15. The Hall–Kier alpha value is -2.34. The molecule has 26 heavy (non-hydrogen) atoms. The molecular weight excluding hydrogens is 351 g/mol. The largest absolute Gasteiger partial charge is 0.326 e. The number of carbonyl (C=O) groups is 2. The highest BCUT2D eigenvalue weighted by molar-refractivity contribution is 8.00. The Morgan fingerprint density at radius 2 is 1.96 bits per heavy atom. The van der Waals surface area contributed by atoms with Crippen LogP contribution in [0.5, 0.6) is 0 Å². The van der Waals surface area contributed by atoms with E-state index in [1.54, 1.807) is 18.2 Å². The number of benzene rings is 2. The van der Waals surface area contributed by atoms with Crippen LogP contribution in [0.1, 0.15) is 37.1 Å². The zero-order valence-corrected chi connectivity index (χ0v) is 15.4. The molecule has 1 aliphatic heterocycles. The molecule has 2 amide bonds. The van der Waals surface area contributed by atoms with Crippen LogP contribution in [0, 0.1) is 5.82 Å². The second kappa shape index (κ2) is 8.36. The van der Waals surface area contributed by atoms with Gasteiger partial charge in [0.2, 0.25) is 11.8 Å². The van der Waals surface area contributed by atoms with Gasteiger partial charge in [0.05, 0.1) is 11.4 Å². The summed E-state index contributed by atoms with van der Waals surface area (Å²) >= 11 is 1.47. The van der Waals surface area contributed by atoms with Crippen LogP contribution in [0.15, 0.2) is 48.5 Å². The van der Waals surface area contributed by atoms with Gasteiger partial charge in [0, 0.05) is 12.1 Å². The Kier molecular flexibility index (Phi) is 5.93. The molecule has 1 atom stereocenters. The summed E-state index contributed by atoms with van der Waals surface area (Å²) in [6, 6.07) is 13.7. The van der Waals surface area contributed by atoms with E-state index in [9.17, 15) is 14.0 Å². The maximum absolute atomic E-state index is 14.2. The van der Waals surface area contributed by atoms with Crippen LogP contribution in [0.25, 0.3) is 0 Å². The van der Waals surface area contributed by atoms with Crippen molar-refractivity contribution >= 4 is 35.0 Å². The number of halogens is 1. The number of thioether (sulfide) groups is 1. The van der Waals surface area contributed by atoms with Crippen LogP contribution in [-0.2, 0) is 9.59 Å². The maximum Gasteiger partial charge on any atom is 0.238 e. The van der Waals surface area contributed by atoms with E-state index in [2.05, 4.69) is 5.32 Å². The lowest BCUT2D eigenvalue weighted by Crippen LogP contribution is -2.28. The van der Waals surface area contributed by atoms with Gasteiger partial charge in [-0.3, -0.25) is 14.5 Å². The number of hydrogen-bond donors (Lipinski definition) is 1. The van der Waals surface area contributed by atoms with Gasteiger partial charge in [-0.15, -0.1) is 11.8 Å². The highest BCUT2D eigenvalue weighted by Gasteiger charge is 2.35. The quantitative estimate of drug-likeness (QED) is 0.797. The van der Waals surface area contributed by atoms with Crippen molar-refractivity contribution in [1.82, 2.24) is 0 Å². The third-order valence-electron chi connectivity index (χ3n) is 4.22. The SMILES string of the molecule is CCCCC(=O)Nc1ccc([C@@H]2SCC(=O)N2c2ccccc2F)cc1. The molecule has 1 fully saturated rings. The van der Waals surface area contributed by atoms with Crippen molar-refractivity contribution in [2.24, 2.45) is 0 Å². The molecular formula is C20H21FN2O2S. The summed E-state index contributed by atoms with van der Waals surface area (Å²) in [5, 5.41) is 2.60. The van der Waals surface area contributed by atoms with E-state index in [0.29, 0.717) is 17.9 Å². The zero-order chi connectivity index (χ0) is 18.5. The van der Waals surface area contributed by atoms with Crippen molar-refractivity contribution in [2.75, 3.05) is 16.0 Å². The number of unbranched alkanes of at least 4 members (excludes halogenated alkanes) is 1. The number of hydrogen-bond acceptors (Lipinski definition) is 3. The van der Waals surface area contributed by atoms with Crippen molar-refractivity contribution < 1.29 is 14.0 Å². The van der Waals surface area contributed by atoms with Crippen molar-refractivity contribution in [3.63, 3.8) is 0 Å². The third kappa shape index (κ3) is 4.07. The van der Waals surface area contributed by atoms with Crippen LogP contribution in [0.2, 0.25) is 0 Å². The fourth-order valence-corrected chi connectivity index (χ4v) is 4.04. The standard InChI is InChI=1S/C20H21FN2O2S/c1-2-3-8-18(24)22-15-11-9-14(10-12-15)20-23(19(25)13-26-20)17-7-5-4-6-16(17)21/h4-7,9-12,20H,2-3,8,13H2,1H3,(H,22,24)/t20-/m0/s1. The Labute approximate surface area is 156 Å². The number of nitrogens with one attached hydrogen (secondary N) is 1. The minimum atomic E-state index is -0.409. The van der Waals surface area contributed by atoms with E-state index >= 15 is 0 Å². The number of rotatable bonds is 6. The molecule has 2 aromatic rings. The van der Waals surface area contributed by atoms with Crippen molar-refractivity contribution in [3.05, 3.63) is 59.9 Å². The van der Waals surface area contributed by atoms with Gasteiger partial charge in [0.1, 0.15) is 11.2 Å². The molecule has 0 aliphatic carbocycles. The van der Waals surface area contributed by atoms with Crippen LogP contribution >= 0.6 is 11.8 Å². The molecule has 0 radical (unpaired) electrons. The number of amides is 2. The van der Waals surface area contributed by atoms with Gasteiger partial charge in [-0.25, -0.2) is 4.39 Å². The summed E-state index contributed by atoms with van der Waals surface area (Å²) < 4.78 is 14.2. The Morgan fingerprint density at radius 1 is 1.23 bits per heavy atom. The van der Waals surface area contributed by atoms with Crippen molar-refractivity contribution in [1.29, 1.82) is 0 Å². The van der Waals surface area contributed by atoms with Gasteiger partial charge < -0.3 is 5.32 Å². The van der Waals surface area contributed by atoms with E-state index in [1.807, 2.05) is 31.2 Å². The molecule has 0 saturated carbocycles. The molecule has 1 N–H and O–H groups in total. The average molecular weight is 372 g/mol. The molecule has 136 valence electrons. The van der Waals surface area contributed by atoms with Gasteiger partial charge in [-0.1, -0.05) is 37.6 Å². The summed E-state index contributed by atoms with van der Waals surface area (Å²) in [6.45, 7) is 2.05. The molecule has 0 aromatic heterocycles. The predicted octanol–water partition coefficient (Wildman–Crippen LogP) is 4.73. The van der Waals surface area contributed by atoms with Crippen molar-refractivity contribution in [2.45, 2.75) is 31.6 Å². The van der Waals surface area contributed by atoms with E-state index in [1.165, 1.54) is 22.7 Å². The molecule has 2 aromatic carbocycles. The summed E-state index contributed by atoms with van der Waals surface area (Å²) in [5.74, 6) is -0.206. The lowest BCUT2D eigenvalue weighted by molar-refractivity contribution is -0.116. The summed E-state index contributed by atoms with van der Waals surface area (Å²) in [7, 11) is 0. The first-order valence-corrected chi connectivity index (χ1v) is 9.73. The van der Waals surface area contributed by atoms with Gasteiger partial charge in [0.25, 0.3) is 0 Å². The molecule has 4 nitrogen and oxygen atoms in total. The third-order valence-corrected chi connectivity index (χ3v) is 5.43. The first-order valence-electron chi connectivity index (χ1n) is 8.68. The van der Waals surface area contributed by atoms with Crippen LogP contribution in [0.3, 0.4) is 0 Å². The average Bonchev–Trinajstić information content (AvgIpc) is 3.02. The van der Waals surface area contributed by atoms with Crippen LogP contribution in [0.4, 0.5) is 15.8 Å². The highest BCUT2D eigenvalue weighted by atomic mass is 32.2. The molecule has 1 aliphatic rings. The molecule has 6 heteroatoms. The topological polar surface area (TPSA) is 49.4 Å². The Balaban J connectivity index is 1.77. The van der Waals surface area contributed by atoms with Gasteiger partial charge in [-0.05, 0) is 36.2 Å². The monoisotopic (exact) mass is 372 g/mol. The van der Waals surface area contributed by atoms with Crippen molar-refractivity contribution in [3.8, 4) is 0 Å². The molecule has 0 unspecified atom stereocenters. The molecule has 3 rings (SSSR count). The van der Waals surface area contributed by atoms with E-state index in [0.717, 1.165) is 24.1 Å². The number of anilines is 2. The fraction of sp³-hybridized carbons (Fsp3) is 0.300. The van der Waals surface area contributed by atoms with Gasteiger partial charge >= 0.3 is 0 Å². The smallest absolute Gasteiger partial charge is 0.238 e. The van der Waals surface area contributed by atoms with E-state index < -0.39 is 5.82 Å². The van der Waals surface area contributed by atoms with E-state index in [4.69, 9.17) is 0 Å². The molecule has 0 spiro atoms. The first-order chi connectivity index (χ1) is 12.6. The predicted molar refractivity (Wildman–Crippen MR) is 104 cm³/mol. The molecule has 1 heterocycles. The highest BCUT2D eigenvalue weighted by Crippen LogP contribution is 2.42. The van der Waals surface area contributed by atoms with Gasteiger partial charge in [-0.2, -0.15) is 0 Å².